The van der Waals surface area contributed by atoms with E-state index in [0.29, 0.717) is 37.2 Å². The lowest BCUT2D eigenvalue weighted by atomic mass is 10.1. The fraction of sp³-hybridized carbons (Fsp3) is 0.316. The molecule has 0 aliphatic carbocycles. The molecule has 0 atom stereocenters. The molecule has 1 aromatic heterocycles. The third-order valence-electron chi connectivity index (χ3n) is 4.39. The molecule has 2 aromatic rings. The van der Waals surface area contributed by atoms with Gasteiger partial charge < -0.3 is 10.1 Å². The summed E-state index contributed by atoms with van der Waals surface area (Å²) in [4.78, 5) is 36.8. The lowest BCUT2D eigenvalue weighted by molar-refractivity contribution is -0.123. The molecule has 11 heteroatoms. The minimum Gasteiger partial charge on any atom is -0.452 e. The number of ether oxygens (including phenoxy) is 1. The number of imide groups is 1. The van der Waals surface area contributed by atoms with Gasteiger partial charge in [0.25, 0.3) is 5.91 Å². The van der Waals surface area contributed by atoms with Crippen molar-refractivity contribution in [2.45, 2.75) is 12.8 Å². The molecule has 3 rings (SSSR count). The van der Waals surface area contributed by atoms with E-state index >= 15 is 0 Å². The van der Waals surface area contributed by atoms with Crippen LogP contribution in [0.5, 0.6) is 0 Å². The van der Waals surface area contributed by atoms with Gasteiger partial charge in [-0.3, -0.25) is 14.4 Å². The summed E-state index contributed by atoms with van der Waals surface area (Å²) in [7, 11) is -3.37. The second kappa shape index (κ2) is 9.26. The summed E-state index contributed by atoms with van der Waals surface area (Å²) in [6.07, 6.45) is 2.26. The van der Waals surface area contributed by atoms with E-state index in [4.69, 9.17) is 4.74 Å². The van der Waals surface area contributed by atoms with Gasteiger partial charge in [-0.15, -0.1) is 11.3 Å². The first-order valence-electron chi connectivity index (χ1n) is 9.12. The molecule has 0 saturated carbocycles. The summed E-state index contributed by atoms with van der Waals surface area (Å²) >= 11 is 1.58. The van der Waals surface area contributed by atoms with Gasteiger partial charge in [-0.2, -0.15) is 0 Å². The Hall–Kier alpha value is -2.92. The summed E-state index contributed by atoms with van der Waals surface area (Å²) in [6.45, 7) is 0.0828. The zero-order chi connectivity index (χ0) is 21.7. The van der Waals surface area contributed by atoms with Crippen LogP contribution in [0.3, 0.4) is 0 Å². The Bertz CT molecular complexity index is 1050. The van der Waals surface area contributed by atoms with E-state index in [9.17, 15) is 22.8 Å². The highest BCUT2D eigenvalue weighted by atomic mass is 32.2. The fourth-order valence-corrected chi connectivity index (χ4v) is 4.69. The number of hydrogen-bond donors (Lipinski definition) is 2. The number of sulfonamides is 1. The van der Waals surface area contributed by atoms with E-state index in [1.54, 1.807) is 23.5 Å². The molecule has 1 aliphatic rings. The molecule has 3 amide bonds. The largest absolute Gasteiger partial charge is 0.452 e. The average Bonchev–Trinajstić information content (AvgIpc) is 3.34. The SMILES string of the molecule is CS(=O)(=O)N1CCc2cc(C(=O)OCC(=O)NC(=O)NCCc3cccs3)ccc21. The monoisotopic (exact) mass is 451 g/mol. The summed E-state index contributed by atoms with van der Waals surface area (Å²) < 4.78 is 29.8. The van der Waals surface area contributed by atoms with Gasteiger partial charge in [0.15, 0.2) is 6.61 Å². The molecule has 0 spiro atoms. The van der Waals surface area contributed by atoms with Crippen LogP contribution in [0.1, 0.15) is 20.8 Å². The van der Waals surface area contributed by atoms with E-state index in [1.165, 1.54) is 10.4 Å². The van der Waals surface area contributed by atoms with Crippen LogP contribution in [0.4, 0.5) is 10.5 Å². The molecule has 160 valence electrons. The molecule has 0 fully saturated rings. The Morgan fingerprint density at radius 3 is 2.73 bits per heavy atom. The predicted molar refractivity (Wildman–Crippen MR) is 112 cm³/mol. The molecule has 1 aliphatic heterocycles. The van der Waals surface area contributed by atoms with Crippen molar-refractivity contribution in [2.24, 2.45) is 0 Å². The van der Waals surface area contributed by atoms with Gasteiger partial charge in [0.05, 0.1) is 17.5 Å². The normalized spacial score (nSPS) is 12.9. The van der Waals surface area contributed by atoms with Crippen molar-refractivity contribution in [3.05, 3.63) is 51.7 Å². The number of carbonyl (C=O) groups excluding carboxylic acids is 3. The first kappa shape index (κ1) is 21.8. The summed E-state index contributed by atoms with van der Waals surface area (Å²) in [5.41, 5.74) is 1.45. The number of hydrogen-bond acceptors (Lipinski definition) is 7. The molecule has 30 heavy (non-hydrogen) atoms. The quantitative estimate of drug-likeness (QED) is 0.612. The number of fused-ring (bicyclic) bond motifs is 1. The number of carbonyl (C=O) groups is 3. The number of rotatable bonds is 7. The second-order valence-electron chi connectivity index (χ2n) is 6.64. The fourth-order valence-electron chi connectivity index (χ4n) is 3.02. The number of esters is 1. The van der Waals surface area contributed by atoms with Crippen LogP contribution in [-0.4, -0.2) is 52.3 Å². The Labute approximate surface area is 178 Å². The van der Waals surface area contributed by atoms with Crippen LogP contribution in [0.25, 0.3) is 0 Å². The highest BCUT2D eigenvalue weighted by Crippen LogP contribution is 2.30. The van der Waals surface area contributed by atoms with Crippen LogP contribution in [0.15, 0.2) is 35.7 Å². The van der Waals surface area contributed by atoms with Crippen molar-refractivity contribution in [3.8, 4) is 0 Å². The maximum absolute atomic E-state index is 12.2. The van der Waals surface area contributed by atoms with Gasteiger partial charge in [0.2, 0.25) is 10.0 Å². The summed E-state index contributed by atoms with van der Waals surface area (Å²) in [6, 6.07) is 7.75. The molecule has 0 radical (unpaired) electrons. The number of benzene rings is 1. The van der Waals surface area contributed by atoms with Crippen molar-refractivity contribution in [2.75, 3.05) is 30.3 Å². The maximum Gasteiger partial charge on any atom is 0.338 e. The standard InChI is InChI=1S/C19H21N3O6S2/c1-30(26,27)22-9-7-13-11-14(4-5-16(13)22)18(24)28-12-17(23)21-19(25)20-8-6-15-3-2-10-29-15/h2-5,10-11H,6-9,12H2,1H3,(H2,20,21,23,25). The molecule has 9 nitrogen and oxygen atoms in total. The van der Waals surface area contributed by atoms with E-state index in [0.717, 1.165) is 11.1 Å². The van der Waals surface area contributed by atoms with Gasteiger partial charge in [-0.05, 0) is 48.1 Å². The smallest absolute Gasteiger partial charge is 0.338 e. The zero-order valence-electron chi connectivity index (χ0n) is 16.2. The van der Waals surface area contributed by atoms with Crippen molar-refractivity contribution in [1.29, 1.82) is 0 Å². The van der Waals surface area contributed by atoms with Gasteiger partial charge in [-0.25, -0.2) is 18.0 Å². The number of amides is 3. The van der Waals surface area contributed by atoms with Crippen LogP contribution in [0, 0.1) is 0 Å². The van der Waals surface area contributed by atoms with E-state index in [2.05, 4.69) is 10.6 Å². The van der Waals surface area contributed by atoms with E-state index in [1.807, 2.05) is 17.5 Å². The van der Waals surface area contributed by atoms with Crippen molar-refractivity contribution >= 4 is 45.0 Å². The average molecular weight is 452 g/mol. The Kier molecular flexibility index (Phi) is 6.73. The van der Waals surface area contributed by atoms with Crippen molar-refractivity contribution in [1.82, 2.24) is 10.6 Å². The molecule has 0 saturated heterocycles. The molecule has 1 aromatic carbocycles. The van der Waals surface area contributed by atoms with E-state index < -0.39 is 34.5 Å². The lowest BCUT2D eigenvalue weighted by Crippen LogP contribution is -2.42. The van der Waals surface area contributed by atoms with Gasteiger partial charge in [0, 0.05) is 18.0 Å². The van der Waals surface area contributed by atoms with Crippen LogP contribution in [0.2, 0.25) is 0 Å². The highest BCUT2D eigenvalue weighted by Gasteiger charge is 2.27. The number of nitrogens with zero attached hydrogens (tertiary/aromatic N) is 1. The van der Waals surface area contributed by atoms with Crippen molar-refractivity contribution in [3.63, 3.8) is 0 Å². The molecular formula is C19H21N3O6S2. The summed E-state index contributed by atoms with van der Waals surface area (Å²) in [5.74, 6) is -1.48. The molecule has 0 unspecified atom stereocenters. The highest BCUT2D eigenvalue weighted by molar-refractivity contribution is 7.92. The van der Waals surface area contributed by atoms with Gasteiger partial charge in [-0.1, -0.05) is 6.07 Å². The second-order valence-corrected chi connectivity index (χ2v) is 9.58. The van der Waals surface area contributed by atoms with Crippen LogP contribution < -0.4 is 14.9 Å². The Morgan fingerprint density at radius 2 is 2.03 bits per heavy atom. The Morgan fingerprint density at radius 1 is 1.23 bits per heavy atom. The number of thiophene rings is 1. The minimum absolute atomic E-state index is 0.206. The number of nitrogens with one attached hydrogen (secondary N) is 2. The summed E-state index contributed by atoms with van der Waals surface area (Å²) in [5, 5.41) is 6.59. The molecule has 2 N–H and O–H groups in total. The van der Waals surface area contributed by atoms with Gasteiger partial charge >= 0.3 is 12.0 Å². The number of urea groups is 1. The molecule has 2 heterocycles. The van der Waals surface area contributed by atoms with Crippen LogP contribution >= 0.6 is 11.3 Å². The Balaban J connectivity index is 1.45. The zero-order valence-corrected chi connectivity index (χ0v) is 17.8. The molecule has 0 bridgehead atoms. The topological polar surface area (TPSA) is 122 Å². The van der Waals surface area contributed by atoms with E-state index in [-0.39, 0.29) is 5.56 Å². The molecular weight excluding hydrogens is 430 g/mol. The number of anilines is 1. The third kappa shape index (κ3) is 5.57. The van der Waals surface area contributed by atoms with Gasteiger partial charge in [0.1, 0.15) is 0 Å². The first-order chi connectivity index (χ1) is 14.2. The first-order valence-corrected chi connectivity index (χ1v) is 11.8. The lowest BCUT2D eigenvalue weighted by Gasteiger charge is -2.16. The van der Waals surface area contributed by atoms with Crippen LogP contribution in [-0.2, 0) is 32.4 Å². The maximum atomic E-state index is 12.2. The predicted octanol–water partition coefficient (Wildman–Crippen LogP) is 1.30. The third-order valence-corrected chi connectivity index (χ3v) is 6.51. The minimum atomic E-state index is -3.37. The van der Waals surface area contributed by atoms with Crippen molar-refractivity contribution < 1.29 is 27.5 Å².